The average molecular weight is 407 g/mol. The van der Waals surface area contributed by atoms with E-state index < -0.39 is 18.1 Å². The number of ether oxygens (including phenoxy) is 2. The molecule has 0 aliphatic rings. The van der Waals surface area contributed by atoms with Gasteiger partial charge < -0.3 is 19.6 Å². The number of carboxylic acids is 1. The van der Waals surface area contributed by atoms with E-state index in [1.807, 2.05) is 31.2 Å². The van der Waals surface area contributed by atoms with Crippen LogP contribution in [0.15, 0.2) is 47.3 Å². The van der Waals surface area contributed by atoms with Crippen molar-refractivity contribution in [2.75, 3.05) is 13.2 Å². The fourth-order valence-corrected chi connectivity index (χ4v) is 2.94. The lowest BCUT2D eigenvalue weighted by molar-refractivity contribution is -0.139. The molecule has 0 atom stereocenters. The van der Waals surface area contributed by atoms with Crippen LogP contribution in [0.25, 0.3) is 33.7 Å². The fourth-order valence-electron chi connectivity index (χ4n) is 2.94. The van der Waals surface area contributed by atoms with Gasteiger partial charge in [-0.2, -0.15) is 5.21 Å². The Morgan fingerprint density at radius 1 is 1.07 bits per heavy atom. The summed E-state index contributed by atoms with van der Waals surface area (Å²) < 4.78 is 10.9. The highest BCUT2D eigenvalue weighted by atomic mass is 16.5. The van der Waals surface area contributed by atoms with Gasteiger partial charge in [0.15, 0.2) is 12.1 Å². The third kappa shape index (κ3) is 3.83. The molecule has 0 fully saturated rings. The lowest BCUT2D eigenvalue weighted by Crippen LogP contribution is -2.10. The maximum absolute atomic E-state index is 12.2. The van der Waals surface area contributed by atoms with Crippen molar-refractivity contribution in [1.82, 2.24) is 25.4 Å². The van der Waals surface area contributed by atoms with E-state index in [0.717, 1.165) is 11.1 Å². The Bertz CT molecular complexity index is 1260. The number of rotatable bonds is 7. The smallest absolute Gasteiger partial charge is 0.341 e. The molecule has 152 valence electrons. The molecule has 0 amide bonds. The van der Waals surface area contributed by atoms with Crippen LogP contribution in [0, 0.1) is 0 Å². The number of nitrogens with zero attached hydrogens (tertiary/aromatic N) is 3. The topological polar surface area (TPSA) is 143 Å². The van der Waals surface area contributed by atoms with Crippen molar-refractivity contribution in [3.8, 4) is 34.0 Å². The first-order valence-corrected chi connectivity index (χ1v) is 9.08. The number of aromatic amines is 2. The Morgan fingerprint density at radius 2 is 1.83 bits per heavy atom. The lowest BCUT2D eigenvalue weighted by atomic mass is 10.0. The number of hydrogen-bond donors (Lipinski definition) is 3. The maximum atomic E-state index is 12.2. The summed E-state index contributed by atoms with van der Waals surface area (Å²) in [7, 11) is 0. The fraction of sp³-hybridized carbons (Fsp3) is 0.150. The van der Waals surface area contributed by atoms with Crippen LogP contribution in [0.1, 0.15) is 6.92 Å². The molecule has 2 aromatic heterocycles. The van der Waals surface area contributed by atoms with Crippen LogP contribution in [-0.4, -0.2) is 49.7 Å². The Labute approximate surface area is 169 Å². The van der Waals surface area contributed by atoms with E-state index in [0.29, 0.717) is 29.5 Å². The molecule has 4 aromatic rings. The summed E-state index contributed by atoms with van der Waals surface area (Å²) in [6.45, 7) is 1.89. The highest BCUT2D eigenvalue weighted by Crippen LogP contribution is 2.33. The first-order valence-electron chi connectivity index (χ1n) is 9.08. The monoisotopic (exact) mass is 407 g/mol. The molecule has 2 heterocycles. The standard InChI is InChI=1S/C20H17N5O5/c1-2-29-15-9-12(11-3-6-13(7-4-11)30-10-16(26)27)5-8-14(15)18-21-19-17(20(28)22-18)23-25-24-19/h3-9H,2,10H2,1H3,(H,26,27)(H2,21,22,23,24,25,28). The zero-order valence-electron chi connectivity index (χ0n) is 15.9. The molecule has 4 rings (SSSR count). The number of H-pyrrole nitrogens is 2. The summed E-state index contributed by atoms with van der Waals surface area (Å²) in [5, 5.41) is 18.8. The van der Waals surface area contributed by atoms with Crippen LogP contribution in [-0.2, 0) is 4.79 Å². The van der Waals surface area contributed by atoms with Crippen molar-refractivity contribution in [2.24, 2.45) is 0 Å². The molecule has 10 nitrogen and oxygen atoms in total. The van der Waals surface area contributed by atoms with Crippen LogP contribution < -0.4 is 15.0 Å². The number of hydrogen-bond acceptors (Lipinski definition) is 7. The van der Waals surface area contributed by atoms with Gasteiger partial charge >= 0.3 is 5.97 Å². The van der Waals surface area contributed by atoms with Gasteiger partial charge in [0.2, 0.25) is 5.65 Å². The van der Waals surface area contributed by atoms with Crippen LogP contribution in [0.5, 0.6) is 11.5 Å². The van der Waals surface area contributed by atoms with Crippen LogP contribution in [0.4, 0.5) is 0 Å². The summed E-state index contributed by atoms with van der Waals surface area (Å²) in [5.74, 6) is 0.304. The minimum Gasteiger partial charge on any atom is -0.493 e. The highest BCUT2D eigenvalue weighted by molar-refractivity contribution is 5.76. The quantitative estimate of drug-likeness (QED) is 0.423. The summed E-state index contributed by atoms with van der Waals surface area (Å²) in [6.07, 6.45) is 0. The summed E-state index contributed by atoms with van der Waals surface area (Å²) in [4.78, 5) is 29.9. The van der Waals surface area contributed by atoms with Gasteiger partial charge in [-0.25, -0.2) is 9.78 Å². The van der Waals surface area contributed by atoms with Crippen molar-refractivity contribution < 1.29 is 19.4 Å². The highest BCUT2D eigenvalue weighted by Gasteiger charge is 2.14. The molecular weight excluding hydrogens is 390 g/mol. The van der Waals surface area contributed by atoms with Gasteiger partial charge in [-0.3, -0.25) is 4.79 Å². The molecular formula is C20H17N5O5. The van der Waals surface area contributed by atoms with Crippen molar-refractivity contribution in [1.29, 1.82) is 0 Å². The Morgan fingerprint density at radius 3 is 2.57 bits per heavy atom. The second-order valence-corrected chi connectivity index (χ2v) is 6.26. The molecule has 10 heteroatoms. The Kier molecular flexibility index (Phi) is 5.12. The molecule has 0 spiro atoms. The zero-order valence-corrected chi connectivity index (χ0v) is 15.9. The predicted molar refractivity (Wildman–Crippen MR) is 107 cm³/mol. The van der Waals surface area contributed by atoms with Gasteiger partial charge in [0, 0.05) is 0 Å². The van der Waals surface area contributed by atoms with Gasteiger partial charge in [-0.05, 0) is 42.3 Å². The van der Waals surface area contributed by atoms with E-state index in [1.165, 1.54) is 0 Å². The molecule has 0 radical (unpaired) electrons. The van der Waals surface area contributed by atoms with Gasteiger partial charge in [0.05, 0.1) is 12.2 Å². The van der Waals surface area contributed by atoms with Gasteiger partial charge in [0.25, 0.3) is 5.56 Å². The number of aromatic nitrogens is 5. The van der Waals surface area contributed by atoms with Crippen LogP contribution in [0.2, 0.25) is 0 Å². The SMILES string of the molecule is CCOc1cc(-c2ccc(OCC(=O)O)cc2)ccc1-c1nc2n[nH]nc2c(=O)[nH]1. The summed E-state index contributed by atoms with van der Waals surface area (Å²) in [6, 6.07) is 12.6. The summed E-state index contributed by atoms with van der Waals surface area (Å²) >= 11 is 0. The summed E-state index contributed by atoms with van der Waals surface area (Å²) in [5.41, 5.74) is 2.34. The van der Waals surface area contributed by atoms with E-state index in [9.17, 15) is 9.59 Å². The first kappa shape index (κ1) is 19.1. The molecule has 2 aromatic carbocycles. The van der Waals surface area contributed by atoms with Crippen molar-refractivity contribution in [3.05, 3.63) is 52.8 Å². The van der Waals surface area contributed by atoms with Crippen LogP contribution in [0.3, 0.4) is 0 Å². The Balaban J connectivity index is 1.69. The largest absolute Gasteiger partial charge is 0.493 e. The lowest BCUT2D eigenvalue weighted by Gasteiger charge is -2.12. The van der Waals surface area contributed by atoms with E-state index >= 15 is 0 Å². The molecule has 3 N–H and O–H groups in total. The van der Waals surface area contributed by atoms with Gasteiger partial charge in [-0.1, -0.05) is 18.2 Å². The number of carboxylic acid groups (broad SMARTS) is 1. The van der Waals surface area contributed by atoms with E-state index in [4.69, 9.17) is 14.6 Å². The van der Waals surface area contributed by atoms with Crippen molar-refractivity contribution in [3.63, 3.8) is 0 Å². The third-order valence-electron chi connectivity index (χ3n) is 4.28. The third-order valence-corrected chi connectivity index (χ3v) is 4.28. The normalized spacial score (nSPS) is 10.8. The zero-order chi connectivity index (χ0) is 21.1. The van der Waals surface area contributed by atoms with Crippen molar-refractivity contribution >= 4 is 17.1 Å². The number of aliphatic carboxylic acids is 1. The van der Waals surface area contributed by atoms with Crippen LogP contribution >= 0.6 is 0 Å². The Hall–Kier alpha value is -4.21. The second-order valence-electron chi connectivity index (χ2n) is 6.26. The minimum atomic E-state index is -1.04. The maximum Gasteiger partial charge on any atom is 0.341 e. The van der Waals surface area contributed by atoms with Gasteiger partial charge in [0.1, 0.15) is 17.3 Å². The number of benzene rings is 2. The van der Waals surface area contributed by atoms with Gasteiger partial charge in [-0.15, -0.1) is 10.2 Å². The molecule has 0 saturated carbocycles. The second kappa shape index (κ2) is 8.03. The predicted octanol–water partition coefficient (Wildman–Crippen LogP) is 2.24. The molecule has 0 aliphatic heterocycles. The minimum absolute atomic E-state index is 0.138. The van der Waals surface area contributed by atoms with E-state index in [1.54, 1.807) is 18.2 Å². The molecule has 0 bridgehead atoms. The van der Waals surface area contributed by atoms with E-state index in [-0.39, 0.29) is 11.2 Å². The first-order chi connectivity index (χ1) is 14.5. The molecule has 30 heavy (non-hydrogen) atoms. The average Bonchev–Trinajstić information content (AvgIpc) is 3.22. The molecule has 0 unspecified atom stereocenters. The van der Waals surface area contributed by atoms with E-state index in [2.05, 4.69) is 25.4 Å². The van der Waals surface area contributed by atoms with Crippen molar-refractivity contribution in [2.45, 2.75) is 6.92 Å². The molecule has 0 aliphatic carbocycles. The number of fused-ring (bicyclic) bond motifs is 1. The number of nitrogens with one attached hydrogen (secondary N) is 2. The number of carbonyl (C=O) groups is 1. The molecule has 0 saturated heterocycles.